The zero-order valence-electron chi connectivity index (χ0n) is 13.9. The number of pyridine rings is 1. The largest absolute Gasteiger partial charge is 0.368 e. The Balaban J connectivity index is 1.76. The molecule has 122 valence electrons. The Hall–Kier alpha value is -2.37. The number of aryl methyl sites for hydroxylation is 1. The third-order valence-corrected chi connectivity index (χ3v) is 4.23. The zero-order valence-corrected chi connectivity index (χ0v) is 13.9. The van der Waals surface area contributed by atoms with Crippen LogP contribution in [0.1, 0.15) is 31.0 Å². The molecule has 6 heteroatoms. The van der Waals surface area contributed by atoms with Gasteiger partial charge in [0.1, 0.15) is 11.6 Å². The second-order valence-electron chi connectivity index (χ2n) is 6.00. The van der Waals surface area contributed by atoms with Gasteiger partial charge in [-0.05, 0) is 30.9 Å². The Labute approximate surface area is 137 Å². The molecule has 6 nitrogen and oxygen atoms in total. The summed E-state index contributed by atoms with van der Waals surface area (Å²) in [4.78, 5) is 17.6. The molecule has 0 aromatic carbocycles. The molecule has 23 heavy (non-hydrogen) atoms. The van der Waals surface area contributed by atoms with Gasteiger partial charge in [-0.3, -0.25) is 4.98 Å². The van der Waals surface area contributed by atoms with Crippen molar-refractivity contribution in [3.63, 3.8) is 0 Å². The quantitative estimate of drug-likeness (QED) is 0.913. The Morgan fingerprint density at radius 1 is 1.22 bits per heavy atom. The molecular weight excluding hydrogens is 288 g/mol. The molecule has 0 spiro atoms. The molecule has 0 unspecified atom stereocenters. The number of rotatable bonds is 5. The lowest BCUT2D eigenvalue weighted by atomic mass is 10.2. The first-order valence-electron chi connectivity index (χ1n) is 8.20. The van der Waals surface area contributed by atoms with E-state index in [0.29, 0.717) is 12.5 Å². The van der Waals surface area contributed by atoms with Gasteiger partial charge < -0.3 is 15.5 Å². The Morgan fingerprint density at radius 3 is 2.65 bits per heavy atom. The molecule has 0 radical (unpaired) electrons. The highest BCUT2D eigenvalue weighted by Gasteiger charge is 2.16. The molecule has 0 saturated carbocycles. The minimum atomic E-state index is 0.325. The standard InChI is InChI=1S/C17H24N6/c1-3-13-6-7-14(19-11-13)12-22(2)15-10-16(21-17(18)20-15)23-8-4-5-9-23/h6-7,10-11H,3-5,8-9,12H2,1-2H3,(H2,18,20,21). The summed E-state index contributed by atoms with van der Waals surface area (Å²) in [6.07, 6.45) is 5.36. The van der Waals surface area contributed by atoms with Gasteiger partial charge >= 0.3 is 0 Å². The second kappa shape index (κ2) is 6.81. The van der Waals surface area contributed by atoms with Crippen LogP contribution in [0.3, 0.4) is 0 Å². The summed E-state index contributed by atoms with van der Waals surface area (Å²) in [6, 6.07) is 6.21. The number of hydrogen-bond acceptors (Lipinski definition) is 6. The number of nitrogen functional groups attached to an aromatic ring is 1. The van der Waals surface area contributed by atoms with Gasteiger partial charge in [0.25, 0.3) is 0 Å². The molecule has 1 saturated heterocycles. The van der Waals surface area contributed by atoms with Gasteiger partial charge in [-0.25, -0.2) is 0 Å². The average molecular weight is 312 g/mol. The molecule has 1 aliphatic rings. The van der Waals surface area contributed by atoms with E-state index in [2.05, 4.69) is 43.8 Å². The third-order valence-electron chi connectivity index (χ3n) is 4.23. The summed E-state index contributed by atoms with van der Waals surface area (Å²) in [6.45, 7) is 4.91. The lowest BCUT2D eigenvalue weighted by Crippen LogP contribution is -2.23. The van der Waals surface area contributed by atoms with E-state index in [-0.39, 0.29) is 0 Å². The molecule has 0 aliphatic carbocycles. The van der Waals surface area contributed by atoms with Crippen molar-refractivity contribution in [2.45, 2.75) is 32.7 Å². The van der Waals surface area contributed by atoms with Crippen LogP contribution in [-0.2, 0) is 13.0 Å². The molecule has 2 aromatic heterocycles. The van der Waals surface area contributed by atoms with E-state index < -0.39 is 0 Å². The van der Waals surface area contributed by atoms with Crippen molar-refractivity contribution >= 4 is 17.6 Å². The summed E-state index contributed by atoms with van der Waals surface area (Å²) in [5.41, 5.74) is 8.17. The molecule has 1 aliphatic heterocycles. The van der Waals surface area contributed by atoms with E-state index in [0.717, 1.165) is 36.8 Å². The highest BCUT2D eigenvalue weighted by Crippen LogP contribution is 2.23. The van der Waals surface area contributed by atoms with Crippen LogP contribution < -0.4 is 15.5 Å². The predicted octanol–water partition coefficient (Wildman–Crippen LogP) is 2.25. The molecule has 0 atom stereocenters. The maximum Gasteiger partial charge on any atom is 0.223 e. The monoisotopic (exact) mass is 312 g/mol. The van der Waals surface area contributed by atoms with E-state index >= 15 is 0 Å². The number of nitrogens with two attached hydrogens (primary N) is 1. The van der Waals surface area contributed by atoms with Crippen LogP contribution in [0.4, 0.5) is 17.6 Å². The van der Waals surface area contributed by atoms with Gasteiger partial charge in [-0.15, -0.1) is 0 Å². The van der Waals surface area contributed by atoms with Crippen molar-refractivity contribution in [2.75, 3.05) is 35.7 Å². The molecular formula is C17H24N6. The topological polar surface area (TPSA) is 71.2 Å². The van der Waals surface area contributed by atoms with Gasteiger partial charge in [-0.2, -0.15) is 9.97 Å². The molecule has 1 fully saturated rings. The van der Waals surface area contributed by atoms with E-state index in [4.69, 9.17) is 5.73 Å². The first-order chi connectivity index (χ1) is 11.2. The van der Waals surface area contributed by atoms with Crippen LogP contribution in [0.2, 0.25) is 0 Å². The first-order valence-corrected chi connectivity index (χ1v) is 8.20. The summed E-state index contributed by atoms with van der Waals surface area (Å²) in [5, 5.41) is 0. The molecule has 2 N–H and O–H groups in total. The fraction of sp³-hybridized carbons (Fsp3) is 0.471. The third kappa shape index (κ3) is 3.70. The van der Waals surface area contributed by atoms with E-state index in [1.54, 1.807) is 0 Å². The molecule has 0 bridgehead atoms. The van der Waals surface area contributed by atoms with Gasteiger partial charge in [0.05, 0.1) is 12.2 Å². The fourth-order valence-electron chi connectivity index (χ4n) is 2.83. The molecule has 3 heterocycles. The average Bonchev–Trinajstić information content (AvgIpc) is 3.09. The Bertz CT molecular complexity index is 649. The maximum absolute atomic E-state index is 5.90. The van der Waals surface area contributed by atoms with Crippen LogP contribution in [0.25, 0.3) is 0 Å². The van der Waals surface area contributed by atoms with Crippen molar-refractivity contribution in [3.05, 3.63) is 35.7 Å². The Morgan fingerprint density at radius 2 is 2.00 bits per heavy atom. The minimum Gasteiger partial charge on any atom is -0.368 e. The van der Waals surface area contributed by atoms with E-state index in [1.165, 1.54) is 18.4 Å². The van der Waals surface area contributed by atoms with Crippen LogP contribution >= 0.6 is 0 Å². The van der Waals surface area contributed by atoms with Crippen molar-refractivity contribution in [3.8, 4) is 0 Å². The van der Waals surface area contributed by atoms with Crippen molar-refractivity contribution in [2.24, 2.45) is 0 Å². The predicted molar refractivity (Wildman–Crippen MR) is 93.6 cm³/mol. The van der Waals surface area contributed by atoms with E-state index in [9.17, 15) is 0 Å². The smallest absolute Gasteiger partial charge is 0.223 e. The number of nitrogens with zero attached hydrogens (tertiary/aromatic N) is 5. The lowest BCUT2D eigenvalue weighted by molar-refractivity contribution is 0.852. The normalized spacial score (nSPS) is 14.3. The highest BCUT2D eigenvalue weighted by molar-refractivity contribution is 5.54. The van der Waals surface area contributed by atoms with Gasteiger partial charge in [0.15, 0.2) is 0 Å². The Kier molecular flexibility index (Phi) is 4.60. The SMILES string of the molecule is CCc1ccc(CN(C)c2cc(N3CCCC3)nc(N)n2)nc1. The number of aromatic nitrogens is 3. The number of hydrogen-bond donors (Lipinski definition) is 1. The summed E-state index contributed by atoms with van der Waals surface area (Å²) < 4.78 is 0. The van der Waals surface area contributed by atoms with Gasteiger partial charge in [-0.1, -0.05) is 13.0 Å². The van der Waals surface area contributed by atoms with E-state index in [1.807, 2.05) is 19.3 Å². The zero-order chi connectivity index (χ0) is 16.2. The highest BCUT2D eigenvalue weighted by atomic mass is 15.3. The molecule has 2 aromatic rings. The molecule has 0 amide bonds. The molecule has 3 rings (SSSR count). The van der Waals surface area contributed by atoms with Crippen LogP contribution in [0.5, 0.6) is 0 Å². The summed E-state index contributed by atoms with van der Waals surface area (Å²) in [5.74, 6) is 2.08. The summed E-state index contributed by atoms with van der Waals surface area (Å²) >= 11 is 0. The minimum absolute atomic E-state index is 0.325. The van der Waals surface area contributed by atoms with Gasteiger partial charge in [0.2, 0.25) is 5.95 Å². The van der Waals surface area contributed by atoms with Crippen molar-refractivity contribution in [1.29, 1.82) is 0 Å². The second-order valence-corrected chi connectivity index (χ2v) is 6.00. The van der Waals surface area contributed by atoms with Crippen LogP contribution in [0, 0.1) is 0 Å². The van der Waals surface area contributed by atoms with Crippen molar-refractivity contribution in [1.82, 2.24) is 15.0 Å². The number of anilines is 3. The lowest BCUT2D eigenvalue weighted by Gasteiger charge is -2.22. The van der Waals surface area contributed by atoms with Crippen LogP contribution in [-0.4, -0.2) is 35.1 Å². The maximum atomic E-state index is 5.90. The summed E-state index contributed by atoms with van der Waals surface area (Å²) in [7, 11) is 2.00. The van der Waals surface area contributed by atoms with Crippen molar-refractivity contribution < 1.29 is 0 Å². The fourth-order valence-corrected chi connectivity index (χ4v) is 2.83. The first kappa shape index (κ1) is 15.5. The van der Waals surface area contributed by atoms with Crippen LogP contribution in [0.15, 0.2) is 24.4 Å². The van der Waals surface area contributed by atoms with Gasteiger partial charge in [0, 0.05) is 32.4 Å².